The van der Waals surface area contributed by atoms with Gasteiger partial charge in [0.25, 0.3) is 0 Å². The van der Waals surface area contributed by atoms with Crippen molar-refractivity contribution in [2.45, 2.75) is 0 Å². The molecule has 0 atom stereocenters. The summed E-state index contributed by atoms with van der Waals surface area (Å²) in [7, 11) is -1.45. The standard InChI is InChI=1S/C2H7O4P.CHNO/c1-5-7(3,4)6-2;2-1-3/h1-2H3,(H,3,4);2H. The molecule has 60 valence electrons. The van der Waals surface area contributed by atoms with Crippen LogP contribution >= 0.6 is 7.82 Å². The average Bonchev–Trinajstić information content (AvgIpc) is 1.90. The zero-order valence-electron chi connectivity index (χ0n) is 5.53. The van der Waals surface area contributed by atoms with Crippen LogP contribution in [0.2, 0.25) is 0 Å². The van der Waals surface area contributed by atoms with Gasteiger partial charge in [-0.15, -0.1) is 0 Å². The van der Waals surface area contributed by atoms with Gasteiger partial charge in [-0.25, -0.2) is 14.8 Å². The predicted octanol–water partition coefficient (Wildman–Crippen LogP) is 0.281. The number of carbonyl (C=O) groups excluding carboxylic acids is 1. The molecule has 0 aromatic heterocycles. The molecule has 7 heteroatoms. The second kappa shape index (κ2) is 6.61. The Hall–Kier alpha value is -0.510. The third kappa shape index (κ3) is 10.5. The maximum Gasteiger partial charge on any atom is 0.471 e. The van der Waals surface area contributed by atoms with Crippen LogP contribution in [-0.2, 0) is 18.4 Å². The van der Waals surface area contributed by atoms with Crippen LogP contribution in [0.15, 0.2) is 0 Å². The molecule has 0 fully saturated rings. The second-order valence-corrected chi connectivity index (χ2v) is 2.60. The van der Waals surface area contributed by atoms with Gasteiger partial charge in [0, 0.05) is 14.2 Å². The minimum Gasteiger partial charge on any atom is -0.303 e. The molecular formula is C3H8NO5P. The Morgan fingerprint density at radius 1 is 1.50 bits per heavy atom. The summed E-state index contributed by atoms with van der Waals surface area (Å²) in [6.07, 6.45) is 0.750. The van der Waals surface area contributed by atoms with Crippen molar-refractivity contribution in [2.24, 2.45) is 0 Å². The van der Waals surface area contributed by atoms with Crippen molar-refractivity contribution in [1.82, 2.24) is 0 Å². The molecule has 0 amide bonds. The molecule has 0 bridgehead atoms. The summed E-state index contributed by atoms with van der Waals surface area (Å²) < 4.78 is 18.0. The van der Waals surface area contributed by atoms with Crippen molar-refractivity contribution in [3.63, 3.8) is 0 Å². The van der Waals surface area contributed by atoms with E-state index in [-0.39, 0.29) is 0 Å². The Kier molecular flexibility index (Phi) is 8.06. The van der Waals surface area contributed by atoms with Gasteiger partial charge in [0.1, 0.15) is 0 Å². The number of isocyanates is 1. The van der Waals surface area contributed by atoms with E-state index in [1.807, 2.05) is 0 Å². The molecule has 0 aromatic carbocycles. The lowest BCUT2D eigenvalue weighted by atomic mass is 11.7. The van der Waals surface area contributed by atoms with Crippen molar-refractivity contribution in [2.75, 3.05) is 14.2 Å². The van der Waals surface area contributed by atoms with Gasteiger partial charge in [-0.3, -0.25) is 9.05 Å². The van der Waals surface area contributed by atoms with E-state index in [9.17, 15) is 4.57 Å². The van der Waals surface area contributed by atoms with Crippen molar-refractivity contribution < 1.29 is 23.3 Å². The maximum atomic E-state index is 10.1. The first-order valence-corrected chi connectivity index (χ1v) is 3.51. The number of phosphoric ester groups is 1. The maximum absolute atomic E-state index is 10.1. The quantitative estimate of drug-likeness (QED) is 0.351. The number of phosphoric acid groups is 1. The molecule has 0 spiro atoms. The van der Waals surface area contributed by atoms with Gasteiger partial charge in [0.2, 0.25) is 6.08 Å². The van der Waals surface area contributed by atoms with Gasteiger partial charge in [-0.1, -0.05) is 0 Å². The lowest BCUT2D eigenvalue weighted by molar-refractivity contribution is 0.204. The van der Waals surface area contributed by atoms with Gasteiger partial charge in [-0.2, -0.15) is 0 Å². The molecule has 10 heavy (non-hydrogen) atoms. The summed E-state index contributed by atoms with van der Waals surface area (Å²) >= 11 is 0. The number of hydrogen-bond acceptors (Lipinski definition) is 5. The topological polar surface area (TPSA) is 96.7 Å². The molecule has 0 aliphatic carbocycles. The predicted molar refractivity (Wildman–Crippen MR) is 32.3 cm³/mol. The summed E-state index contributed by atoms with van der Waals surface area (Å²) in [5.74, 6) is 0. The Morgan fingerprint density at radius 2 is 1.70 bits per heavy atom. The number of rotatable bonds is 2. The molecular weight excluding hydrogens is 161 g/mol. The van der Waals surface area contributed by atoms with E-state index >= 15 is 0 Å². The molecule has 0 aliphatic heterocycles. The van der Waals surface area contributed by atoms with Crippen molar-refractivity contribution in [3.05, 3.63) is 0 Å². The fraction of sp³-hybridized carbons (Fsp3) is 0.667. The Balaban J connectivity index is 0. The Morgan fingerprint density at radius 3 is 1.70 bits per heavy atom. The first kappa shape index (κ1) is 12.2. The number of nitrogens with one attached hydrogen (secondary N) is 1. The van der Waals surface area contributed by atoms with E-state index in [1.54, 1.807) is 0 Å². The highest BCUT2D eigenvalue weighted by Crippen LogP contribution is 2.40. The van der Waals surface area contributed by atoms with Gasteiger partial charge < -0.3 is 4.89 Å². The molecule has 2 N–H and O–H groups in total. The molecule has 0 unspecified atom stereocenters. The Bertz CT molecular complexity index is 143. The van der Waals surface area contributed by atoms with E-state index in [0.29, 0.717) is 0 Å². The minimum atomic E-state index is -3.65. The lowest BCUT2D eigenvalue weighted by Gasteiger charge is -2.01. The Labute approximate surface area is 57.9 Å². The molecule has 0 aliphatic rings. The van der Waals surface area contributed by atoms with Crippen LogP contribution in [0.5, 0.6) is 0 Å². The first-order valence-electron chi connectivity index (χ1n) is 2.02. The molecule has 6 nitrogen and oxygen atoms in total. The zero-order chi connectivity index (χ0) is 8.62. The van der Waals surface area contributed by atoms with Crippen molar-refractivity contribution in [3.8, 4) is 0 Å². The third-order valence-electron chi connectivity index (χ3n) is 0.461. The normalized spacial score (nSPS) is 9.10. The highest BCUT2D eigenvalue weighted by Gasteiger charge is 2.13. The molecule has 0 aromatic rings. The molecule has 0 radical (unpaired) electrons. The third-order valence-corrected chi connectivity index (χ3v) is 1.38. The van der Waals surface area contributed by atoms with Crippen LogP contribution in [0.1, 0.15) is 0 Å². The highest BCUT2D eigenvalue weighted by molar-refractivity contribution is 7.47. The summed E-state index contributed by atoms with van der Waals surface area (Å²) in [4.78, 5) is 16.6. The monoisotopic (exact) mass is 169 g/mol. The fourth-order valence-electron chi connectivity index (χ4n) is 0.0745. The smallest absolute Gasteiger partial charge is 0.303 e. The highest BCUT2D eigenvalue weighted by atomic mass is 31.2. The van der Waals surface area contributed by atoms with Crippen LogP contribution in [0, 0.1) is 5.41 Å². The van der Waals surface area contributed by atoms with Gasteiger partial charge in [-0.05, 0) is 0 Å². The molecule has 0 saturated heterocycles. The first-order chi connectivity index (χ1) is 4.54. The average molecular weight is 169 g/mol. The van der Waals surface area contributed by atoms with Crippen molar-refractivity contribution >= 4 is 13.9 Å². The minimum absolute atomic E-state index is 0.750. The van der Waals surface area contributed by atoms with Gasteiger partial charge in [0.05, 0.1) is 0 Å². The molecule has 0 heterocycles. The van der Waals surface area contributed by atoms with Gasteiger partial charge in [0.15, 0.2) is 0 Å². The summed E-state index contributed by atoms with van der Waals surface area (Å²) in [6.45, 7) is 0. The van der Waals surface area contributed by atoms with E-state index in [4.69, 9.17) is 15.1 Å². The summed E-state index contributed by atoms with van der Waals surface area (Å²) in [5.41, 5.74) is 0. The number of hydrogen-bond donors (Lipinski definition) is 2. The largest absolute Gasteiger partial charge is 0.471 e. The molecule has 0 saturated carbocycles. The van der Waals surface area contributed by atoms with Gasteiger partial charge >= 0.3 is 7.82 Å². The van der Waals surface area contributed by atoms with Crippen LogP contribution in [0.3, 0.4) is 0 Å². The van der Waals surface area contributed by atoms with Crippen LogP contribution in [0.4, 0.5) is 0 Å². The van der Waals surface area contributed by atoms with E-state index in [0.717, 1.165) is 20.3 Å². The summed E-state index contributed by atoms with van der Waals surface area (Å²) in [5, 5.41) is 5.40. The fourth-order valence-corrected chi connectivity index (χ4v) is 0.224. The van der Waals surface area contributed by atoms with Crippen LogP contribution in [0.25, 0.3) is 0 Å². The molecule has 0 rings (SSSR count). The zero-order valence-corrected chi connectivity index (χ0v) is 6.42. The van der Waals surface area contributed by atoms with Crippen molar-refractivity contribution in [1.29, 1.82) is 5.41 Å². The van der Waals surface area contributed by atoms with Crippen LogP contribution in [-0.4, -0.2) is 25.2 Å². The van der Waals surface area contributed by atoms with E-state index in [2.05, 4.69) is 9.05 Å². The second-order valence-electron chi connectivity index (χ2n) is 0.936. The van der Waals surface area contributed by atoms with E-state index < -0.39 is 7.82 Å². The SMILES string of the molecule is COP(=O)(O)OC.N=C=O. The summed E-state index contributed by atoms with van der Waals surface area (Å²) in [6, 6.07) is 0. The van der Waals surface area contributed by atoms with E-state index in [1.165, 1.54) is 0 Å². The lowest BCUT2D eigenvalue weighted by Crippen LogP contribution is -1.83. The van der Waals surface area contributed by atoms with Crippen LogP contribution < -0.4 is 0 Å².